The van der Waals surface area contributed by atoms with Crippen molar-refractivity contribution in [3.63, 3.8) is 0 Å². The lowest BCUT2D eigenvalue weighted by molar-refractivity contribution is -0.142. The van der Waals surface area contributed by atoms with Crippen molar-refractivity contribution in [2.24, 2.45) is 5.92 Å². The lowest BCUT2D eigenvalue weighted by Gasteiger charge is -2.16. The van der Waals surface area contributed by atoms with E-state index in [0.29, 0.717) is 30.4 Å². The van der Waals surface area contributed by atoms with E-state index >= 15 is 0 Å². The molecule has 1 aliphatic heterocycles. The monoisotopic (exact) mass is 298 g/mol. The van der Waals surface area contributed by atoms with Crippen LogP contribution in [0.1, 0.15) is 12.0 Å². The number of ether oxygens (including phenoxy) is 1. The summed E-state index contributed by atoms with van der Waals surface area (Å²) in [6.07, 6.45) is 2.29. The standard InChI is InChI=1S/C13H15ClN2O4/c14-11-2-1-8(6-15-11)5-10(13(18)19)16-12(17)9-3-4-20-7-9/h1-2,6,9-10H,3-5,7H2,(H,16,17)(H,18,19)/t9-,10-/m0/s1. The number of nitrogens with zero attached hydrogens (tertiary/aromatic N) is 1. The van der Waals surface area contributed by atoms with Crippen molar-refractivity contribution in [1.29, 1.82) is 0 Å². The Morgan fingerprint density at radius 3 is 2.90 bits per heavy atom. The van der Waals surface area contributed by atoms with Gasteiger partial charge in [0.25, 0.3) is 0 Å². The maximum Gasteiger partial charge on any atom is 0.326 e. The number of rotatable bonds is 5. The predicted octanol–water partition coefficient (Wildman–Crippen LogP) is 0.883. The fourth-order valence-electron chi connectivity index (χ4n) is 1.99. The number of hydrogen-bond donors (Lipinski definition) is 2. The van der Waals surface area contributed by atoms with Gasteiger partial charge in [0.1, 0.15) is 11.2 Å². The van der Waals surface area contributed by atoms with Crippen molar-refractivity contribution < 1.29 is 19.4 Å². The van der Waals surface area contributed by atoms with Crippen LogP contribution in [0.3, 0.4) is 0 Å². The number of hydrogen-bond acceptors (Lipinski definition) is 4. The van der Waals surface area contributed by atoms with Gasteiger partial charge in [0.2, 0.25) is 5.91 Å². The largest absolute Gasteiger partial charge is 0.480 e. The number of aromatic nitrogens is 1. The third kappa shape index (κ3) is 3.91. The molecule has 2 heterocycles. The van der Waals surface area contributed by atoms with E-state index in [2.05, 4.69) is 10.3 Å². The summed E-state index contributed by atoms with van der Waals surface area (Å²) >= 11 is 5.67. The van der Waals surface area contributed by atoms with E-state index in [0.717, 1.165) is 0 Å². The summed E-state index contributed by atoms with van der Waals surface area (Å²) in [4.78, 5) is 27.0. The first kappa shape index (κ1) is 14.7. The summed E-state index contributed by atoms with van der Waals surface area (Å²) in [5.74, 6) is -1.62. The molecule has 1 aromatic heterocycles. The van der Waals surface area contributed by atoms with Gasteiger partial charge in [-0.1, -0.05) is 17.7 Å². The Bertz CT molecular complexity index is 486. The highest BCUT2D eigenvalue weighted by atomic mass is 35.5. The molecule has 1 amide bonds. The van der Waals surface area contributed by atoms with Gasteiger partial charge in [0.15, 0.2) is 0 Å². The van der Waals surface area contributed by atoms with Crippen LogP contribution in [-0.4, -0.2) is 41.2 Å². The molecule has 2 atom stereocenters. The van der Waals surface area contributed by atoms with Crippen LogP contribution < -0.4 is 5.32 Å². The van der Waals surface area contributed by atoms with Gasteiger partial charge < -0.3 is 15.2 Å². The normalized spacial score (nSPS) is 19.6. The quantitative estimate of drug-likeness (QED) is 0.788. The van der Waals surface area contributed by atoms with Gasteiger partial charge in [0, 0.05) is 19.2 Å². The Morgan fingerprint density at radius 2 is 2.35 bits per heavy atom. The van der Waals surface area contributed by atoms with Crippen LogP contribution >= 0.6 is 11.6 Å². The van der Waals surface area contributed by atoms with Gasteiger partial charge in [-0.25, -0.2) is 9.78 Å². The van der Waals surface area contributed by atoms with Crippen LogP contribution in [0, 0.1) is 5.92 Å². The minimum atomic E-state index is -1.08. The molecule has 6 nitrogen and oxygen atoms in total. The first-order chi connectivity index (χ1) is 9.56. The van der Waals surface area contributed by atoms with Crippen molar-refractivity contribution in [3.8, 4) is 0 Å². The van der Waals surface area contributed by atoms with Gasteiger partial charge in [-0.3, -0.25) is 4.79 Å². The van der Waals surface area contributed by atoms with Crippen LogP contribution in [0.5, 0.6) is 0 Å². The number of amides is 1. The molecule has 0 unspecified atom stereocenters. The fourth-order valence-corrected chi connectivity index (χ4v) is 2.11. The Balaban J connectivity index is 1.98. The summed E-state index contributed by atoms with van der Waals surface area (Å²) in [6, 6.07) is 2.30. The third-order valence-electron chi connectivity index (χ3n) is 3.14. The first-order valence-corrected chi connectivity index (χ1v) is 6.65. The zero-order valence-corrected chi connectivity index (χ0v) is 11.5. The molecule has 20 heavy (non-hydrogen) atoms. The second-order valence-electron chi connectivity index (χ2n) is 4.65. The van der Waals surface area contributed by atoms with Crippen molar-refractivity contribution in [1.82, 2.24) is 10.3 Å². The summed E-state index contributed by atoms with van der Waals surface area (Å²) in [5, 5.41) is 12.1. The van der Waals surface area contributed by atoms with Crippen LogP contribution in [0.15, 0.2) is 18.3 Å². The molecule has 0 aromatic carbocycles. The Labute approximate surface area is 121 Å². The van der Waals surface area contributed by atoms with Gasteiger partial charge in [-0.2, -0.15) is 0 Å². The number of nitrogens with one attached hydrogen (secondary N) is 1. The Hall–Kier alpha value is -1.66. The Morgan fingerprint density at radius 1 is 1.55 bits per heavy atom. The van der Waals surface area contributed by atoms with Crippen molar-refractivity contribution in [2.45, 2.75) is 18.9 Å². The average molecular weight is 299 g/mol. The van der Waals surface area contributed by atoms with E-state index in [-0.39, 0.29) is 18.2 Å². The number of aliphatic carboxylic acids is 1. The van der Waals surface area contributed by atoms with Crippen LogP contribution in [0.4, 0.5) is 0 Å². The number of carbonyl (C=O) groups excluding carboxylic acids is 1. The van der Waals surface area contributed by atoms with Gasteiger partial charge >= 0.3 is 5.97 Å². The maximum absolute atomic E-state index is 11.9. The van der Waals surface area contributed by atoms with Gasteiger partial charge in [-0.15, -0.1) is 0 Å². The molecule has 1 fully saturated rings. The lowest BCUT2D eigenvalue weighted by atomic mass is 10.0. The molecule has 2 N–H and O–H groups in total. The number of carboxylic acids is 1. The summed E-state index contributed by atoms with van der Waals surface area (Å²) < 4.78 is 5.12. The van der Waals surface area contributed by atoms with Crippen molar-refractivity contribution >= 4 is 23.5 Å². The second-order valence-corrected chi connectivity index (χ2v) is 5.04. The molecule has 1 saturated heterocycles. The summed E-state index contributed by atoms with van der Waals surface area (Å²) in [6.45, 7) is 0.887. The van der Waals surface area contributed by atoms with E-state index in [1.807, 2.05) is 0 Å². The zero-order chi connectivity index (χ0) is 14.5. The molecule has 0 spiro atoms. The van der Waals surface area contributed by atoms with Crippen LogP contribution in [-0.2, 0) is 20.7 Å². The maximum atomic E-state index is 11.9. The SMILES string of the molecule is O=C(N[C@@H](Cc1ccc(Cl)nc1)C(=O)O)[C@H]1CCOC1. The molecule has 7 heteroatoms. The molecule has 2 rings (SSSR count). The average Bonchev–Trinajstić information content (AvgIpc) is 2.94. The highest BCUT2D eigenvalue weighted by Crippen LogP contribution is 2.13. The van der Waals surface area contributed by atoms with E-state index < -0.39 is 12.0 Å². The molecular formula is C13H15ClN2O4. The molecule has 0 saturated carbocycles. The summed E-state index contributed by atoms with van der Waals surface area (Å²) in [7, 11) is 0. The molecule has 0 radical (unpaired) electrons. The highest BCUT2D eigenvalue weighted by molar-refractivity contribution is 6.29. The van der Waals surface area contributed by atoms with Gasteiger partial charge in [-0.05, 0) is 18.1 Å². The van der Waals surface area contributed by atoms with Crippen molar-refractivity contribution in [2.75, 3.05) is 13.2 Å². The molecule has 1 aromatic rings. The molecule has 108 valence electrons. The van der Waals surface area contributed by atoms with Crippen LogP contribution in [0.2, 0.25) is 5.15 Å². The van der Waals surface area contributed by atoms with E-state index in [1.165, 1.54) is 6.20 Å². The number of carbonyl (C=O) groups is 2. The second kappa shape index (κ2) is 6.67. The van der Waals surface area contributed by atoms with Gasteiger partial charge in [0.05, 0.1) is 12.5 Å². The molecular weight excluding hydrogens is 284 g/mol. The summed E-state index contributed by atoms with van der Waals surface area (Å²) in [5.41, 5.74) is 0.699. The lowest BCUT2D eigenvalue weighted by Crippen LogP contribution is -2.45. The van der Waals surface area contributed by atoms with E-state index in [4.69, 9.17) is 16.3 Å². The van der Waals surface area contributed by atoms with Crippen molar-refractivity contribution in [3.05, 3.63) is 29.0 Å². The molecule has 0 bridgehead atoms. The highest BCUT2D eigenvalue weighted by Gasteiger charge is 2.28. The Kier molecular flexibility index (Phi) is 4.92. The first-order valence-electron chi connectivity index (χ1n) is 6.27. The van der Waals surface area contributed by atoms with E-state index in [1.54, 1.807) is 12.1 Å². The number of carboxylic acid groups (broad SMARTS) is 1. The van der Waals surface area contributed by atoms with E-state index in [9.17, 15) is 14.7 Å². The number of pyridine rings is 1. The minimum Gasteiger partial charge on any atom is -0.480 e. The van der Waals surface area contributed by atoms with Crippen LogP contribution in [0.25, 0.3) is 0 Å². The zero-order valence-electron chi connectivity index (χ0n) is 10.7. The topological polar surface area (TPSA) is 88.5 Å². The minimum absolute atomic E-state index is 0.165. The molecule has 0 aliphatic carbocycles. The smallest absolute Gasteiger partial charge is 0.326 e. The number of halogens is 1. The third-order valence-corrected chi connectivity index (χ3v) is 3.37. The molecule has 1 aliphatic rings. The predicted molar refractivity (Wildman–Crippen MR) is 71.4 cm³/mol. The fraction of sp³-hybridized carbons (Fsp3) is 0.462.